The highest BCUT2D eigenvalue weighted by molar-refractivity contribution is 7.92. The average molecular weight is 345 g/mol. The van der Waals surface area contributed by atoms with Gasteiger partial charge in [0.25, 0.3) is 10.0 Å². The van der Waals surface area contributed by atoms with Crippen molar-refractivity contribution < 1.29 is 8.42 Å². The highest BCUT2D eigenvalue weighted by Crippen LogP contribution is 2.17. The summed E-state index contributed by atoms with van der Waals surface area (Å²) in [6.45, 7) is 8.30. The molecule has 2 rings (SSSR count). The van der Waals surface area contributed by atoms with Crippen molar-refractivity contribution in [1.29, 1.82) is 0 Å². The Balaban J connectivity index is 2.36. The van der Waals surface area contributed by atoms with Crippen molar-refractivity contribution in [3.8, 4) is 11.5 Å². The lowest BCUT2D eigenvalue weighted by Gasteiger charge is -2.09. The molecule has 1 N–H and O–H groups in total. The van der Waals surface area contributed by atoms with Crippen LogP contribution in [0.2, 0.25) is 19.6 Å². The molecular weight excluding hydrogens is 324 g/mol. The molecule has 6 heteroatoms. The quantitative estimate of drug-likeness (QED) is 0.685. The van der Waals surface area contributed by atoms with Gasteiger partial charge in [-0.25, -0.2) is 13.4 Å². The summed E-state index contributed by atoms with van der Waals surface area (Å²) in [7, 11) is -5.23. The summed E-state index contributed by atoms with van der Waals surface area (Å²) >= 11 is 0. The number of nitrogens with zero attached hydrogens (tertiary/aromatic N) is 1. The molecule has 0 aliphatic carbocycles. The molecule has 0 aliphatic rings. The van der Waals surface area contributed by atoms with Crippen LogP contribution in [0, 0.1) is 18.4 Å². The minimum Gasteiger partial charge on any atom is -0.262 e. The second-order valence-electron chi connectivity index (χ2n) is 6.32. The van der Waals surface area contributed by atoms with Gasteiger partial charge in [-0.05, 0) is 31.2 Å². The van der Waals surface area contributed by atoms with Crippen molar-refractivity contribution in [3.05, 3.63) is 53.7 Å². The maximum absolute atomic E-state index is 12.5. The number of benzene rings is 1. The summed E-state index contributed by atoms with van der Waals surface area (Å²) in [5, 5.41) is 0. The largest absolute Gasteiger partial charge is 0.263 e. The molecule has 0 radical (unpaired) electrons. The number of hydrogen-bond donors (Lipinski definition) is 1. The Morgan fingerprint density at radius 2 is 1.74 bits per heavy atom. The van der Waals surface area contributed by atoms with Crippen LogP contribution in [0.15, 0.2) is 47.5 Å². The lowest BCUT2D eigenvalue weighted by Crippen LogP contribution is -2.17. The van der Waals surface area contributed by atoms with Gasteiger partial charge in [-0.15, -0.1) is 5.54 Å². The Morgan fingerprint density at radius 1 is 1.09 bits per heavy atom. The van der Waals surface area contributed by atoms with E-state index in [4.69, 9.17) is 0 Å². The SMILES string of the molecule is Cc1ccc(S(=O)(=O)Nc2ncccc2C#C[Si](C)(C)C)cc1. The van der Waals surface area contributed by atoms with Crippen LogP contribution in [0.1, 0.15) is 11.1 Å². The van der Waals surface area contributed by atoms with Gasteiger partial charge in [0.1, 0.15) is 8.07 Å². The number of sulfonamides is 1. The number of rotatable bonds is 3. The van der Waals surface area contributed by atoms with E-state index < -0.39 is 18.1 Å². The summed E-state index contributed by atoms with van der Waals surface area (Å²) < 4.78 is 27.5. The molecule has 0 fully saturated rings. The van der Waals surface area contributed by atoms with E-state index in [9.17, 15) is 8.42 Å². The van der Waals surface area contributed by atoms with Crippen molar-refractivity contribution in [1.82, 2.24) is 4.98 Å². The van der Waals surface area contributed by atoms with Gasteiger partial charge in [0.2, 0.25) is 0 Å². The second kappa shape index (κ2) is 6.57. The molecule has 0 saturated heterocycles. The second-order valence-corrected chi connectivity index (χ2v) is 12.8. The fraction of sp³-hybridized carbons (Fsp3) is 0.235. The zero-order valence-electron chi connectivity index (χ0n) is 13.7. The van der Waals surface area contributed by atoms with Gasteiger partial charge in [-0.3, -0.25) is 4.72 Å². The van der Waals surface area contributed by atoms with E-state index >= 15 is 0 Å². The molecule has 2 aromatic rings. The van der Waals surface area contributed by atoms with Crippen LogP contribution in [0.25, 0.3) is 0 Å². The smallest absolute Gasteiger partial charge is 0.262 e. The van der Waals surface area contributed by atoms with Crippen molar-refractivity contribution in [2.24, 2.45) is 0 Å². The van der Waals surface area contributed by atoms with E-state index in [1.807, 2.05) is 6.92 Å². The number of nitrogens with one attached hydrogen (secondary N) is 1. The van der Waals surface area contributed by atoms with Gasteiger partial charge >= 0.3 is 0 Å². The number of hydrogen-bond acceptors (Lipinski definition) is 3. The highest BCUT2D eigenvalue weighted by Gasteiger charge is 2.16. The van der Waals surface area contributed by atoms with Gasteiger partial charge in [0.15, 0.2) is 5.82 Å². The van der Waals surface area contributed by atoms with Crippen LogP contribution in [-0.2, 0) is 10.0 Å². The Morgan fingerprint density at radius 3 is 2.35 bits per heavy atom. The van der Waals surface area contributed by atoms with E-state index in [1.54, 1.807) is 42.6 Å². The van der Waals surface area contributed by atoms with Crippen LogP contribution in [-0.4, -0.2) is 21.5 Å². The minimum atomic E-state index is -3.68. The first-order valence-electron chi connectivity index (χ1n) is 7.25. The zero-order chi connectivity index (χ0) is 17.1. The van der Waals surface area contributed by atoms with Gasteiger partial charge in [0.05, 0.1) is 10.5 Å². The first-order chi connectivity index (χ1) is 10.7. The summed E-state index contributed by atoms with van der Waals surface area (Å²) in [6.07, 6.45) is 1.55. The van der Waals surface area contributed by atoms with Gasteiger partial charge in [-0.2, -0.15) is 0 Å². The fourth-order valence-corrected chi connectivity index (χ4v) is 3.29. The van der Waals surface area contributed by atoms with Crippen molar-refractivity contribution >= 4 is 23.9 Å². The Bertz CT molecular complexity index is 858. The van der Waals surface area contributed by atoms with Crippen LogP contribution >= 0.6 is 0 Å². The third-order valence-electron chi connectivity index (χ3n) is 2.94. The summed E-state index contributed by atoms with van der Waals surface area (Å²) in [6, 6.07) is 10.2. The summed E-state index contributed by atoms with van der Waals surface area (Å²) in [4.78, 5) is 4.34. The molecule has 0 unspecified atom stereocenters. The third kappa shape index (κ3) is 4.95. The standard InChI is InChI=1S/C17H20N2O2SSi/c1-14-7-9-16(10-8-14)22(20,21)19-17-15(6-5-12-18-17)11-13-23(2,3)4/h5-10,12H,1-4H3,(H,18,19). The van der Waals surface area contributed by atoms with Crippen LogP contribution in [0.4, 0.5) is 5.82 Å². The Labute approximate surface area is 139 Å². The molecule has 23 heavy (non-hydrogen) atoms. The molecule has 0 bridgehead atoms. The molecule has 4 nitrogen and oxygen atoms in total. The average Bonchev–Trinajstić information content (AvgIpc) is 2.45. The summed E-state index contributed by atoms with van der Waals surface area (Å²) in [5.74, 6) is 3.32. The Kier molecular flexibility index (Phi) is 4.93. The predicted molar refractivity (Wildman–Crippen MR) is 96.4 cm³/mol. The van der Waals surface area contributed by atoms with Gasteiger partial charge < -0.3 is 0 Å². The Hall–Kier alpha value is -2.10. The molecule has 120 valence electrons. The summed E-state index contributed by atoms with van der Waals surface area (Å²) in [5.41, 5.74) is 4.82. The molecule has 0 amide bonds. The van der Waals surface area contributed by atoms with Crippen molar-refractivity contribution in [2.45, 2.75) is 31.5 Å². The molecule has 1 aromatic carbocycles. The third-order valence-corrected chi connectivity index (χ3v) is 5.17. The number of aromatic nitrogens is 1. The normalized spacial score (nSPS) is 11.5. The van der Waals surface area contributed by atoms with Crippen LogP contribution < -0.4 is 4.72 Å². The molecule has 0 saturated carbocycles. The van der Waals surface area contributed by atoms with E-state index in [0.29, 0.717) is 5.56 Å². The monoisotopic (exact) mass is 344 g/mol. The lowest BCUT2D eigenvalue weighted by molar-refractivity contribution is 0.601. The fourth-order valence-electron chi connectivity index (χ4n) is 1.75. The van der Waals surface area contributed by atoms with E-state index in [0.717, 1.165) is 5.56 Å². The predicted octanol–water partition coefficient (Wildman–Crippen LogP) is 3.42. The first kappa shape index (κ1) is 17.3. The van der Waals surface area contributed by atoms with Crippen molar-refractivity contribution in [2.75, 3.05) is 4.72 Å². The molecule has 0 aliphatic heterocycles. The number of pyridine rings is 1. The number of aryl methyl sites for hydroxylation is 1. The van der Waals surface area contributed by atoms with Crippen LogP contribution in [0.5, 0.6) is 0 Å². The van der Waals surface area contributed by atoms with E-state index in [-0.39, 0.29) is 10.7 Å². The van der Waals surface area contributed by atoms with E-state index in [2.05, 4.69) is 40.8 Å². The zero-order valence-corrected chi connectivity index (χ0v) is 15.5. The number of anilines is 1. The van der Waals surface area contributed by atoms with E-state index in [1.165, 1.54) is 0 Å². The lowest BCUT2D eigenvalue weighted by atomic mass is 10.2. The highest BCUT2D eigenvalue weighted by atomic mass is 32.2. The van der Waals surface area contributed by atoms with Crippen molar-refractivity contribution in [3.63, 3.8) is 0 Å². The molecular formula is C17H20N2O2SSi. The molecule has 0 spiro atoms. The topological polar surface area (TPSA) is 59.1 Å². The minimum absolute atomic E-state index is 0.206. The van der Waals surface area contributed by atoms with Gasteiger partial charge in [-0.1, -0.05) is 43.3 Å². The molecule has 1 aromatic heterocycles. The van der Waals surface area contributed by atoms with Gasteiger partial charge in [0, 0.05) is 6.20 Å². The van der Waals surface area contributed by atoms with Crippen LogP contribution in [0.3, 0.4) is 0 Å². The molecule has 0 atom stereocenters. The maximum Gasteiger partial charge on any atom is 0.263 e. The maximum atomic E-state index is 12.5. The first-order valence-corrected chi connectivity index (χ1v) is 12.2. The molecule has 1 heterocycles.